The second-order valence-corrected chi connectivity index (χ2v) is 4.56. The van der Waals surface area contributed by atoms with Gasteiger partial charge in [0, 0.05) is 12.1 Å². The van der Waals surface area contributed by atoms with Crippen LogP contribution in [-0.4, -0.2) is 16.5 Å². The fourth-order valence-corrected chi connectivity index (χ4v) is 2.03. The molecule has 1 saturated carbocycles. The first-order valence-electron chi connectivity index (χ1n) is 6.39. The molecule has 1 aromatic rings. The highest BCUT2D eigenvalue weighted by molar-refractivity contribution is 5.56. The van der Waals surface area contributed by atoms with Crippen LogP contribution in [0.5, 0.6) is 0 Å². The zero-order valence-electron chi connectivity index (χ0n) is 10.4. The summed E-state index contributed by atoms with van der Waals surface area (Å²) in [6.07, 6.45) is 7.80. The molecule has 17 heavy (non-hydrogen) atoms. The van der Waals surface area contributed by atoms with Crippen LogP contribution in [0.25, 0.3) is 0 Å². The molecule has 5 nitrogen and oxygen atoms in total. The molecule has 0 aliphatic heterocycles. The van der Waals surface area contributed by atoms with E-state index >= 15 is 0 Å². The van der Waals surface area contributed by atoms with Crippen LogP contribution in [0, 0.1) is 5.92 Å². The molecule has 1 aliphatic rings. The molecule has 1 heterocycles. The molecule has 1 fully saturated rings. The average Bonchev–Trinajstić information content (AvgIpc) is 3.18. The van der Waals surface area contributed by atoms with E-state index in [-0.39, 0.29) is 0 Å². The number of hydrazine groups is 1. The SMILES string of the molecule is CCc1c(NN)ncnc1NCCCC1CC1. The van der Waals surface area contributed by atoms with E-state index in [1.54, 1.807) is 0 Å². The Labute approximate surface area is 102 Å². The number of aromatic nitrogens is 2. The van der Waals surface area contributed by atoms with Gasteiger partial charge < -0.3 is 10.7 Å². The largest absolute Gasteiger partial charge is 0.370 e. The summed E-state index contributed by atoms with van der Waals surface area (Å²) < 4.78 is 0. The molecule has 0 saturated heterocycles. The molecule has 1 aliphatic carbocycles. The van der Waals surface area contributed by atoms with Gasteiger partial charge in [-0.25, -0.2) is 15.8 Å². The van der Waals surface area contributed by atoms with E-state index in [0.29, 0.717) is 5.82 Å². The minimum absolute atomic E-state index is 0.715. The van der Waals surface area contributed by atoms with E-state index < -0.39 is 0 Å². The molecular formula is C12H21N5. The Morgan fingerprint density at radius 2 is 2.12 bits per heavy atom. The van der Waals surface area contributed by atoms with Crippen LogP contribution in [0.3, 0.4) is 0 Å². The summed E-state index contributed by atoms with van der Waals surface area (Å²) >= 11 is 0. The van der Waals surface area contributed by atoms with Crippen molar-refractivity contribution in [1.82, 2.24) is 9.97 Å². The maximum Gasteiger partial charge on any atom is 0.148 e. The molecular weight excluding hydrogens is 214 g/mol. The number of nitrogen functional groups attached to an aromatic ring is 1. The lowest BCUT2D eigenvalue weighted by Crippen LogP contribution is -2.14. The van der Waals surface area contributed by atoms with Crippen LogP contribution in [0.4, 0.5) is 11.6 Å². The smallest absolute Gasteiger partial charge is 0.148 e. The second kappa shape index (κ2) is 5.82. The predicted molar refractivity (Wildman–Crippen MR) is 69.7 cm³/mol. The van der Waals surface area contributed by atoms with Crippen molar-refractivity contribution < 1.29 is 0 Å². The van der Waals surface area contributed by atoms with Crippen molar-refractivity contribution in [2.24, 2.45) is 11.8 Å². The van der Waals surface area contributed by atoms with Gasteiger partial charge in [0.15, 0.2) is 0 Å². The van der Waals surface area contributed by atoms with Gasteiger partial charge in [0.2, 0.25) is 0 Å². The van der Waals surface area contributed by atoms with E-state index in [9.17, 15) is 0 Å². The molecule has 1 aromatic heterocycles. The Hall–Kier alpha value is -1.36. The molecule has 2 rings (SSSR count). The Morgan fingerprint density at radius 3 is 2.76 bits per heavy atom. The van der Waals surface area contributed by atoms with E-state index in [1.807, 2.05) is 0 Å². The van der Waals surface area contributed by atoms with Crippen molar-refractivity contribution in [1.29, 1.82) is 0 Å². The standard InChI is InChI=1S/C12H21N5/c1-2-10-11(15-8-16-12(10)17-13)14-7-3-4-9-5-6-9/h8-9H,2-7,13H2,1H3,(H2,14,15,16,17). The third-order valence-electron chi connectivity index (χ3n) is 3.21. The zero-order chi connectivity index (χ0) is 12.1. The van der Waals surface area contributed by atoms with Gasteiger partial charge in [-0.1, -0.05) is 19.8 Å². The molecule has 4 N–H and O–H groups in total. The van der Waals surface area contributed by atoms with Crippen LogP contribution >= 0.6 is 0 Å². The van der Waals surface area contributed by atoms with Gasteiger partial charge in [0.1, 0.15) is 18.0 Å². The molecule has 5 heteroatoms. The van der Waals surface area contributed by atoms with E-state index in [0.717, 1.165) is 30.3 Å². The topological polar surface area (TPSA) is 75.9 Å². The summed E-state index contributed by atoms with van der Waals surface area (Å²) in [5.41, 5.74) is 3.67. The van der Waals surface area contributed by atoms with Crippen molar-refractivity contribution in [3.8, 4) is 0 Å². The monoisotopic (exact) mass is 235 g/mol. The lowest BCUT2D eigenvalue weighted by molar-refractivity contribution is 0.686. The highest BCUT2D eigenvalue weighted by atomic mass is 15.3. The van der Waals surface area contributed by atoms with Gasteiger partial charge >= 0.3 is 0 Å². The maximum atomic E-state index is 5.43. The van der Waals surface area contributed by atoms with Crippen molar-refractivity contribution >= 4 is 11.6 Å². The van der Waals surface area contributed by atoms with E-state index in [1.165, 1.54) is 32.0 Å². The third-order valence-corrected chi connectivity index (χ3v) is 3.21. The van der Waals surface area contributed by atoms with Crippen molar-refractivity contribution in [2.75, 3.05) is 17.3 Å². The van der Waals surface area contributed by atoms with Crippen molar-refractivity contribution in [3.05, 3.63) is 11.9 Å². The molecule has 0 atom stereocenters. The Balaban J connectivity index is 1.88. The van der Waals surface area contributed by atoms with Gasteiger partial charge in [-0.15, -0.1) is 0 Å². The molecule has 0 amide bonds. The lowest BCUT2D eigenvalue weighted by Gasteiger charge is -2.12. The number of anilines is 2. The van der Waals surface area contributed by atoms with Crippen LogP contribution in [0.15, 0.2) is 6.33 Å². The Morgan fingerprint density at radius 1 is 1.35 bits per heavy atom. The van der Waals surface area contributed by atoms with Crippen LogP contribution < -0.4 is 16.6 Å². The van der Waals surface area contributed by atoms with Crippen molar-refractivity contribution in [2.45, 2.75) is 39.0 Å². The Bertz CT molecular complexity index is 362. The number of nitrogens with two attached hydrogens (primary N) is 1. The van der Waals surface area contributed by atoms with Crippen molar-refractivity contribution in [3.63, 3.8) is 0 Å². The lowest BCUT2D eigenvalue weighted by atomic mass is 10.2. The van der Waals surface area contributed by atoms with Gasteiger partial charge in [-0.05, 0) is 25.2 Å². The molecule has 0 spiro atoms. The fraction of sp³-hybridized carbons (Fsp3) is 0.667. The molecule has 0 aromatic carbocycles. The van der Waals surface area contributed by atoms with Gasteiger partial charge in [0.05, 0.1) is 0 Å². The highest BCUT2D eigenvalue weighted by Gasteiger charge is 2.20. The number of hydrogen-bond donors (Lipinski definition) is 3. The first kappa shape index (κ1) is 12.1. The normalized spacial score (nSPS) is 14.7. The summed E-state index contributed by atoms with van der Waals surface area (Å²) in [6.45, 7) is 3.05. The van der Waals surface area contributed by atoms with Gasteiger partial charge in [0.25, 0.3) is 0 Å². The Kier molecular flexibility index (Phi) is 4.14. The minimum atomic E-state index is 0.715. The number of nitrogens with zero attached hydrogens (tertiary/aromatic N) is 2. The summed E-state index contributed by atoms with van der Waals surface area (Å²) in [6, 6.07) is 0. The maximum absolute atomic E-state index is 5.43. The van der Waals surface area contributed by atoms with Crippen LogP contribution in [0.2, 0.25) is 0 Å². The average molecular weight is 235 g/mol. The van der Waals surface area contributed by atoms with E-state index in [4.69, 9.17) is 5.84 Å². The van der Waals surface area contributed by atoms with E-state index in [2.05, 4.69) is 27.6 Å². The molecule has 0 radical (unpaired) electrons. The predicted octanol–water partition coefficient (Wildman–Crippen LogP) is 1.93. The highest BCUT2D eigenvalue weighted by Crippen LogP contribution is 2.33. The number of hydrogen-bond acceptors (Lipinski definition) is 5. The number of nitrogens with one attached hydrogen (secondary N) is 2. The molecule has 0 unspecified atom stereocenters. The summed E-state index contributed by atoms with van der Waals surface area (Å²) in [5, 5.41) is 3.38. The summed E-state index contributed by atoms with van der Waals surface area (Å²) in [5.74, 6) is 8.05. The van der Waals surface area contributed by atoms with Crippen LogP contribution in [-0.2, 0) is 6.42 Å². The fourth-order valence-electron chi connectivity index (χ4n) is 2.03. The minimum Gasteiger partial charge on any atom is -0.370 e. The summed E-state index contributed by atoms with van der Waals surface area (Å²) in [7, 11) is 0. The summed E-state index contributed by atoms with van der Waals surface area (Å²) in [4.78, 5) is 8.38. The van der Waals surface area contributed by atoms with Gasteiger partial charge in [-0.2, -0.15) is 0 Å². The second-order valence-electron chi connectivity index (χ2n) is 4.56. The van der Waals surface area contributed by atoms with Crippen LogP contribution in [0.1, 0.15) is 38.2 Å². The first-order valence-corrected chi connectivity index (χ1v) is 6.39. The molecule has 94 valence electrons. The third kappa shape index (κ3) is 3.30. The quantitative estimate of drug-likeness (QED) is 0.382. The molecule has 0 bridgehead atoms. The van der Waals surface area contributed by atoms with Gasteiger partial charge in [-0.3, -0.25) is 0 Å². The first-order chi connectivity index (χ1) is 8.35. The number of rotatable bonds is 7. The zero-order valence-corrected chi connectivity index (χ0v) is 10.4.